The van der Waals surface area contributed by atoms with Gasteiger partial charge in [0.2, 0.25) is 0 Å². The Morgan fingerprint density at radius 2 is 0.778 bits per heavy atom. The van der Waals surface area contributed by atoms with Gasteiger partial charge in [-0.25, -0.2) is 0 Å². The van der Waals surface area contributed by atoms with Gasteiger partial charge in [-0.3, -0.25) is 0 Å². The Kier molecular flexibility index (Phi) is 20.9. The molecule has 0 aromatic heterocycles. The molecule has 6 nitrogen and oxygen atoms in total. The molecule has 9 heteroatoms. The SMILES string of the molecule is O=[P+]([O-])[O-].O=[P+]([O-])[O-].[Pd]. The van der Waals surface area contributed by atoms with Gasteiger partial charge in [0.1, 0.15) is 0 Å². The molecule has 0 aliphatic heterocycles. The summed E-state index contributed by atoms with van der Waals surface area (Å²) in [4.78, 5) is 33.9. The fraction of sp³-hybridized carbons (Fsp3) is 0. The van der Waals surface area contributed by atoms with E-state index in [4.69, 9.17) is 28.7 Å². The van der Waals surface area contributed by atoms with Crippen LogP contribution in [0.25, 0.3) is 0 Å². The normalized spacial score (nSPS) is 5.78. The molecule has 0 amide bonds. The molecule has 0 fully saturated rings. The Morgan fingerprint density at radius 3 is 0.778 bits per heavy atom. The fourth-order valence-corrected chi connectivity index (χ4v) is 0. The van der Waals surface area contributed by atoms with Crippen molar-refractivity contribution >= 4 is 16.5 Å². The summed E-state index contributed by atoms with van der Waals surface area (Å²) in [6.07, 6.45) is 0. The summed E-state index contributed by atoms with van der Waals surface area (Å²) < 4.78 is 17.0. The molecule has 0 spiro atoms. The second-order valence-electron chi connectivity index (χ2n) is 0.447. The van der Waals surface area contributed by atoms with Gasteiger partial charge in [0.25, 0.3) is 16.5 Å². The van der Waals surface area contributed by atoms with Gasteiger partial charge in [-0.2, -0.15) is 0 Å². The third kappa shape index (κ3) is 792. The van der Waals surface area contributed by atoms with Gasteiger partial charge < -0.3 is 19.6 Å². The van der Waals surface area contributed by atoms with Crippen molar-refractivity contribution in [2.24, 2.45) is 0 Å². The largest absolute Gasteiger partial charge is 0.598 e. The molecule has 0 saturated carbocycles. The molecule has 0 saturated heterocycles. The smallest absolute Gasteiger partial charge is 0.276 e. The van der Waals surface area contributed by atoms with Crippen molar-refractivity contribution in [2.75, 3.05) is 0 Å². The summed E-state index contributed by atoms with van der Waals surface area (Å²) in [5.74, 6) is 0. The fourth-order valence-electron chi connectivity index (χ4n) is 0. The monoisotopic (exact) mass is 264 g/mol. The maximum absolute atomic E-state index is 8.48. The van der Waals surface area contributed by atoms with Crippen LogP contribution in [0, 0.1) is 0 Å². The predicted octanol–water partition coefficient (Wildman–Crippen LogP) is -3.27. The van der Waals surface area contributed by atoms with Gasteiger partial charge in [0, 0.05) is 20.4 Å². The van der Waals surface area contributed by atoms with E-state index in [9.17, 15) is 0 Å². The first-order valence-electron chi connectivity index (χ1n) is 1.10. The Balaban J connectivity index is -0.0000000720. The van der Waals surface area contributed by atoms with Crippen LogP contribution in [0.1, 0.15) is 0 Å². The van der Waals surface area contributed by atoms with Crippen molar-refractivity contribution in [2.45, 2.75) is 0 Å². The first kappa shape index (κ1) is 16.4. The van der Waals surface area contributed by atoms with E-state index in [0.717, 1.165) is 0 Å². The van der Waals surface area contributed by atoms with E-state index in [1.165, 1.54) is 0 Å². The third-order valence-electron chi connectivity index (χ3n) is 0. The maximum Gasteiger partial charge on any atom is 0.276 e. The first-order valence-corrected chi connectivity index (χ1v) is 3.29. The second kappa shape index (κ2) is 11.5. The van der Waals surface area contributed by atoms with Gasteiger partial charge in [-0.15, -0.1) is 0 Å². The molecule has 0 aliphatic rings. The second-order valence-corrected chi connectivity index (χ2v) is 1.34. The first-order chi connectivity index (χ1) is 3.46. The van der Waals surface area contributed by atoms with E-state index < -0.39 is 16.5 Å². The molecular weight excluding hydrogens is 264 g/mol. The summed E-state index contributed by atoms with van der Waals surface area (Å²) in [7, 11) is -6.74. The van der Waals surface area contributed by atoms with Gasteiger partial charge in [0.15, 0.2) is 0 Å². The molecule has 0 bridgehead atoms. The summed E-state index contributed by atoms with van der Waals surface area (Å²) in [6, 6.07) is 0. The van der Waals surface area contributed by atoms with E-state index in [2.05, 4.69) is 0 Å². The maximum atomic E-state index is 8.48. The molecule has 0 N–H and O–H groups in total. The average Bonchev–Trinajstić information content (AvgIpc) is 1.25. The summed E-state index contributed by atoms with van der Waals surface area (Å²) >= 11 is 0. The topological polar surface area (TPSA) is 126 Å². The number of hydrogen-bond acceptors (Lipinski definition) is 6. The van der Waals surface area contributed by atoms with Crippen molar-refractivity contribution in [3.63, 3.8) is 0 Å². The zero-order valence-electron chi connectivity index (χ0n) is 3.66. The molecular formula is O6P2Pd-2. The number of rotatable bonds is 0. The Labute approximate surface area is 66.1 Å². The Hall–Kier alpha value is 0.702. The van der Waals surface area contributed by atoms with Crippen LogP contribution in [-0.2, 0) is 29.6 Å². The molecule has 0 aliphatic carbocycles. The Morgan fingerprint density at radius 1 is 0.778 bits per heavy atom. The minimum Gasteiger partial charge on any atom is -0.598 e. The quantitative estimate of drug-likeness (QED) is 0.333. The van der Waals surface area contributed by atoms with Crippen molar-refractivity contribution in [3.05, 3.63) is 0 Å². The van der Waals surface area contributed by atoms with E-state index in [0.29, 0.717) is 0 Å². The minimum atomic E-state index is -3.37. The van der Waals surface area contributed by atoms with E-state index in [1.807, 2.05) is 0 Å². The van der Waals surface area contributed by atoms with Crippen LogP contribution in [0.5, 0.6) is 0 Å². The molecule has 0 atom stereocenters. The Bertz CT molecular complexity index is 69.1. The molecule has 58 valence electrons. The van der Waals surface area contributed by atoms with Crippen molar-refractivity contribution in [1.82, 2.24) is 0 Å². The van der Waals surface area contributed by atoms with Gasteiger partial charge >= 0.3 is 0 Å². The van der Waals surface area contributed by atoms with Crippen LogP contribution in [0.15, 0.2) is 0 Å². The summed E-state index contributed by atoms with van der Waals surface area (Å²) in [5, 5.41) is 0. The van der Waals surface area contributed by atoms with E-state index in [-0.39, 0.29) is 20.4 Å². The van der Waals surface area contributed by atoms with Crippen LogP contribution < -0.4 is 19.6 Å². The molecule has 0 aromatic rings. The standard InChI is InChI=1S/2HO3P.Pd/c2*1-4(2)3;/h2*(H,1,2,3);/p-2. The van der Waals surface area contributed by atoms with E-state index >= 15 is 0 Å². The van der Waals surface area contributed by atoms with Crippen LogP contribution in [0.3, 0.4) is 0 Å². The summed E-state index contributed by atoms with van der Waals surface area (Å²) in [6.45, 7) is 0. The predicted molar refractivity (Wildman–Crippen MR) is 15.2 cm³/mol. The van der Waals surface area contributed by atoms with Crippen molar-refractivity contribution in [3.8, 4) is 0 Å². The summed E-state index contributed by atoms with van der Waals surface area (Å²) in [5.41, 5.74) is 0. The number of hydrogen-bond donors (Lipinski definition) is 0. The molecule has 0 unspecified atom stereocenters. The van der Waals surface area contributed by atoms with E-state index in [1.54, 1.807) is 0 Å². The van der Waals surface area contributed by atoms with Crippen LogP contribution in [0.2, 0.25) is 0 Å². The van der Waals surface area contributed by atoms with Crippen molar-refractivity contribution in [1.29, 1.82) is 0 Å². The van der Waals surface area contributed by atoms with Crippen LogP contribution >= 0.6 is 16.5 Å². The molecule has 9 heavy (non-hydrogen) atoms. The molecule has 0 rings (SSSR count). The zero-order valence-corrected chi connectivity index (χ0v) is 7.00. The molecule has 0 aromatic carbocycles. The third-order valence-corrected chi connectivity index (χ3v) is 0. The van der Waals surface area contributed by atoms with Gasteiger partial charge in [-0.1, -0.05) is 9.13 Å². The molecule has 0 radical (unpaired) electrons. The molecule has 0 heterocycles. The van der Waals surface area contributed by atoms with Crippen molar-refractivity contribution < 1.29 is 49.1 Å². The minimum absolute atomic E-state index is 0. The van der Waals surface area contributed by atoms with Crippen LogP contribution in [-0.4, -0.2) is 0 Å². The average molecular weight is 264 g/mol. The zero-order chi connectivity index (χ0) is 7.15. The van der Waals surface area contributed by atoms with Gasteiger partial charge in [0.05, 0.1) is 0 Å². The van der Waals surface area contributed by atoms with Gasteiger partial charge in [-0.05, 0) is 0 Å². The van der Waals surface area contributed by atoms with Crippen LogP contribution in [0.4, 0.5) is 0 Å².